The molecule has 0 bridgehead atoms. The van der Waals surface area contributed by atoms with Crippen LogP contribution in [0.1, 0.15) is 38.8 Å². The van der Waals surface area contributed by atoms with Crippen molar-refractivity contribution < 1.29 is 24.0 Å². The molecule has 0 radical (unpaired) electrons. The van der Waals surface area contributed by atoms with Crippen molar-refractivity contribution in [1.82, 2.24) is 0 Å². The van der Waals surface area contributed by atoms with E-state index in [2.05, 4.69) is 26.5 Å². The molecule has 0 fully saturated rings. The van der Waals surface area contributed by atoms with E-state index >= 15 is 0 Å². The van der Waals surface area contributed by atoms with Gasteiger partial charge >= 0.3 is 17.8 Å². The fraction of sp³-hybridized carbons (Fsp3) is 0.500. The number of imide groups is 1. The van der Waals surface area contributed by atoms with Gasteiger partial charge in [-0.25, -0.2) is 14.4 Å². The lowest BCUT2D eigenvalue weighted by atomic mass is 10.0. The predicted octanol–water partition coefficient (Wildman–Crippen LogP) is 2.68. The number of aliphatic carboxylic acids is 1. The Bertz CT molecular complexity index is 596. The van der Waals surface area contributed by atoms with Gasteiger partial charge in [0, 0.05) is 5.56 Å². The van der Waals surface area contributed by atoms with Crippen LogP contribution in [-0.2, 0) is 27.3 Å². The molecule has 0 aliphatic rings. The monoisotopic (exact) mass is 352 g/mol. The lowest BCUT2D eigenvalue weighted by Crippen LogP contribution is -2.64. The van der Waals surface area contributed by atoms with E-state index in [0.717, 1.165) is 12.0 Å². The summed E-state index contributed by atoms with van der Waals surface area (Å²) in [4.78, 5) is 36.1. The van der Waals surface area contributed by atoms with Crippen molar-refractivity contribution in [1.29, 1.82) is 0 Å². The van der Waals surface area contributed by atoms with Gasteiger partial charge in [0.25, 0.3) is 0 Å². The molecule has 0 unspecified atom stereocenters. The highest BCUT2D eigenvalue weighted by atomic mass is 32.1. The summed E-state index contributed by atoms with van der Waals surface area (Å²) in [6.45, 7) is 6.79. The molecule has 132 valence electrons. The van der Waals surface area contributed by atoms with Crippen LogP contribution < -0.4 is 0 Å². The summed E-state index contributed by atoms with van der Waals surface area (Å²) in [6, 6.07) is 6.42. The number of carboxylic acid groups (broad SMARTS) is 1. The normalized spacial score (nSPS) is 12.9. The molecular weight excluding hydrogens is 326 g/mol. The topological polar surface area (TPSA) is 71.4 Å². The Morgan fingerprint density at radius 2 is 1.50 bits per heavy atom. The third kappa shape index (κ3) is 4.45. The molecule has 1 atom stereocenters. The predicted molar refractivity (Wildman–Crippen MR) is 95.6 cm³/mol. The molecule has 0 aliphatic carbocycles. The molecule has 0 saturated carbocycles. The summed E-state index contributed by atoms with van der Waals surface area (Å²) < 4.78 is -0.762. The van der Waals surface area contributed by atoms with E-state index in [-0.39, 0.29) is 12.3 Å². The van der Waals surface area contributed by atoms with Gasteiger partial charge in [0.2, 0.25) is 6.04 Å². The summed E-state index contributed by atoms with van der Waals surface area (Å²) in [5.74, 6) is -1.75. The van der Waals surface area contributed by atoms with Gasteiger partial charge in [-0.1, -0.05) is 38.1 Å². The van der Waals surface area contributed by atoms with Crippen molar-refractivity contribution in [3.63, 3.8) is 0 Å². The first-order valence-electron chi connectivity index (χ1n) is 7.96. The number of benzene rings is 1. The minimum Gasteiger partial charge on any atom is -0.477 e. The van der Waals surface area contributed by atoms with Crippen molar-refractivity contribution in [3.05, 3.63) is 35.4 Å². The van der Waals surface area contributed by atoms with Crippen LogP contribution in [0.15, 0.2) is 24.3 Å². The first kappa shape index (κ1) is 20.4. The number of carbonyl (C=O) groups excluding carboxylic acids is 2. The van der Waals surface area contributed by atoms with Crippen LogP contribution in [0.3, 0.4) is 0 Å². The molecule has 24 heavy (non-hydrogen) atoms. The second kappa shape index (κ2) is 8.44. The molecule has 6 heteroatoms. The van der Waals surface area contributed by atoms with Gasteiger partial charge in [-0.2, -0.15) is 17.1 Å². The Morgan fingerprint density at radius 3 is 1.83 bits per heavy atom. The van der Waals surface area contributed by atoms with Crippen molar-refractivity contribution in [2.45, 2.75) is 46.7 Å². The Kier molecular flexibility index (Phi) is 7.17. The number of quaternary nitrogens is 1. The van der Waals surface area contributed by atoms with E-state index in [9.17, 15) is 19.5 Å². The molecular formula is C18H26NO4S+. The van der Waals surface area contributed by atoms with Gasteiger partial charge in [0.15, 0.2) is 0 Å². The Hall–Kier alpha value is -1.66. The average Bonchev–Trinajstić information content (AvgIpc) is 2.47. The van der Waals surface area contributed by atoms with E-state index in [1.807, 2.05) is 24.3 Å². The molecule has 1 rings (SSSR count). The van der Waals surface area contributed by atoms with Crippen LogP contribution in [0.5, 0.6) is 0 Å². The number of carboxylic acids is 1. The number of hydrogen-bond donors (Lipinski definition) is 2. The smallest absolute Gasteiger partial charge is 0.364 e. The zero-order valence-electron chi connectivity index (χ0n) is 14.7. The van der Waals surface area contributed by atoms with Crippen LogP contribution in [0.25, 0.3) is 0 Å². The molecule has 1 aromatic rings. The summed E-state index contributed by atoms with van der Waals surface area (Å²) >= 11 is 4.06. The zero-order valence-corrected chi connectivity index (χ0v) is 15.5. The molecule has 0 aromatic heterocycles. The maximum absolute atomic E-state index is 12.3. The number of rotatable bonds is 7. The Morgan fingerprint density at radius 1 is 1.04 bits per heavy atom. The second-order valence-electron chi connectivity index (χ2n) is 6.52. The highest BCUT2D eigenvalue weighted by Gasteiger charge is 2.50. The summed E-state index contributed by atoms with van der Waals surface area (Å²) in [5.41, 5.74) is 1.92. The zero-order chi connectivity index (χ0) is 18.5. The van der Waals surface area contributed by atoms with Crippen LogP contribution in [-0.4, -0.2) is 39.2 Å². The molecule has 0 heterocycles. The first-order valence-corrected chi connectivity index (χ1v) is 8.59. The fourth-order valence-electron chi connectivity index (χ4n) is 2.94. The highest BCUT2D eigenvalue weighted by molar-refractivity contribution is 7.80. The highest BCUT2D eigenvalue weighted by Crippen LogP contribution is 2.23. The SMILES string of the molecule is CC(=O)[N+](Cc1ccc(CC(C)C)cc1)(C(C)=O)[C@H](CS)C(=O)O. The molecule has 5 nitrogen and oxygen atoms in total. The third-order valence-corrected chi connectivity index (χ3v) is 4.56. The van der Waals surface area contributed by atoms with Crippen LogP contribution in [0.2, 0.25) is 0 Å². The third-order valence-electron chi connectivity index (χ3n) is 4.21. The maximum Gasteiger partial charge on any atom is 0.364 e. The molecule has 1 N–H and O–H groups in total. The maximum atomic E-state index is 12.3. The van der Waals surface area contributed by atoms with Crippen LogP contribution in [0, 0.1) is 5.92 Å². The second-order valence-corrected chi connectivity index (χ2v) is 6.88. The molecule has 2 amide bonds. The minimum absolute atomic E-state index is 0.0180. The standard InChI is InChI=1S/C18H25NO4S/c1-12(2)9-15-5-7-16(8-6-15)10-19(13(3)20,14(4)21)17(11-24)18(22)23/h5-8,12,17H,9-11H2,1-4H3,(H-,22,23,24)/p+1/t17-/m1/s1. The minimum atomic E-state index is -1.21. The van der Waals surface area contributed by atoms with Gasteiger partial charge in [0.05, 0.1) is 19.6 Å². The van der Waals surface area contributed by atoms with E-state index in [1.54, 1.807) is 0 Å². The van der Waals surface area contributed by atoms with E-state index in [1.165, 1.54) is 19.4 Å². The number of hydrogen-bond acceptors (Lipinski definition) is 4. The van der Waals surface area contributed by atoms with Gasteiger partial charge in [-0.15, -0.1) is 0 Å². The molecule has 0 aliphatic heterocycles. The summed E-state index contributed by atoms with van der Waals surface area (Å²) in [6.07, 6.45) is 0.939. The molecule has 0 saturated heterocycles. The number of nitrogens with zero attached hydrogens (tertiary/aromatic N) is 1. The lowest BCUT2D eigenvalue weighted by Gasteiger charge is -2.35. The van der Waals surface area contributed by atoms with Crippen molar-refractivity contribution >= 4 is 30.4 Å². The number of thiol groups is 1. The van der Waals surface area contributed by atoms with E-state index in [0.29, 0.717) is 5.92 Å². The first-order chi connectivity index (χ1) is 11.1. The van der Waals surface area contributed by atoms with Crippen molar-refractivity contribution in [3.8, 4) is 0 Å². The average molecular weight is 352 g/mol. The quantitative estimate of drug-likeness (QED) is 0.585. The molecule has 1 aromatic carbocycles. The summed E-state index contributed by atoms with van der Waals surface area (Å²) in [5, 5.41) is 9.46. The van der Waals surface area contributed by atoms with Crippen LogP contribution in [0.4, 0.5) is 0 Å². The number of carbonyl (C=O) groups is 3. The molecule has 0 spiro atoms. The number of amides is 2. The fourth-order valence-corrected chi connectivity index (χ4v) is 3.37. The lowest BCUT2D eigenvalue weighted by molar-refractivity contribution is -0.806. The summed E-state index contributed by atoms with van der Waals surface area (Å²) in [7, 11) is 0. The van der Waals surface area contributed by atoms with Gasteiger partial charge < -0.3 is 5.11 Å². The van der Waals surface area contributed by atoms with E-state index in [4.69, 9.17) is 0 Å². The van der Waals surface area contributed by atoms with Crippen molar-refractivity contribution in [2.24, 2.45) is 5.92 Å². The van der Waals surface area contributed by atoms with Crippen molar-refractivity contribution in [2.75, 3.05) is 5.75 Å². The Balaban J connectivity index is 3.24. The largest absolute Gasteiger partial charge is 0.477 e. The van der Waals surface area contributed by atoms with Gasteiger partial charge in [0.1, 0.15) is 6.54 Å². The van der Waals surface area contributed by atoms with E-state index < -0.39 is 28.3 Å². The van der Waals surface area contributed by atoms with Gasteiger partial charge in [-0.3, -0.25) is 0 Å². The van der Waals surface area contributed by atoms with Crippen LogP contribution >= 0.6 is 12.6 Å². The Labute approximate surface area is 148 Å². The van der Waals surface area contributed by atoms with Gasteiger partial charge in [-0.05, 0) is 17.9 Å².